The highest BCUT2D eigenvalue weighted by molar-refractivity contribution is 5.64. The Hall–Kier alpha value is -2.64. The van der Waals surface area contributed by atoms with Gasteiger partial charge >= 0.3 is 0 Å². The molecule has 7 nitrogen and oxygen atoms in total. The number of hydrogen-bond acceptors (Lipinski definition) is 7. The Morgan fingerprint density at radius 1 is 1.15 bits per heavy atom. The Morgan fingerprint density at radius 2 is 1.93 bits per heavy atom. The predicted octanol–water partition coefficient (Wildman–Crippen LogP) is 2.70. The molecule has 7 heteroatoms. The zero-order valence-corrected chi connectivity index (χ0v) is 15.5. The van der Waals surface area contributed by atoms with Crippen LogP contribution in [0.5, 0.6) is 0 Å². The third-order valence-corrected chi connectivity index (χ3v) is 4.99. The van der Waals surface area contributed by atoms with E-state index in [1.54, 1.807) is 6.20 Å². The lowest BCUT2D eigenvalue weighted by Gasteiger charge is -2.33. The molecule has 0 amide bonds. The van der Waals surface area contributed by atoms with Crippen LogP contribution in [0.15, 0.2) is 41.1 Å². The largest absolute Gasteiger partial charge is 0.393 e. The average molecular weight is 365 g/mol. The van der Waals surface area contributed by atoms with Gasteiger partial charge in [0.15, 0.2) is 0 Å². The summed E-state index contributed by atoms with van der Waals surface area (Å²) in [6.07, 6.45) is 2.33. The Labute approximate surface area is 158 Å². The van der Waals surface area contributed by atoms with Crippen molar-refractivity contribution in [2.75, 3.05) is 13.1 Å². The van der Waals surface area contributed by atoms with E-state index < -0.39 is 0 Å². The van der Waals surface area contributed by atoms with Crippen LogP contribution >= 0.6 is 0 Å². The van der Waals surface area contributed by atoms with Crippen molar-refractivity contribution in [2.45, 2.75) is 32.9 Å². The minimum absolute atomic E-state index is 0.211. The fraction of sp³-hybridized carbons (Fsp3) is 0.400. The van der Waals surface area contributed by atoms with Crippen molar-refractivity contribution < 1.29 is 9.63 Å². The van der Waals surface area contributed by atoms with Gasteiger partial charge in [-0.25, -0.2) is 9.97 Å². The molecule has 1 N–H and O–H groups in total. The number of aryl methyl sites for hydroxylation is 1. The average Bonchev–Trinajstić information content (AvgIpc) is 3.13. The molecule has 1 aliphatic heterocycles. The summed E-state index contributed by atoms with van der Waals surface area (Å²) in [5.74, 6) is 2.20. The van der Waals surface area contributed by atoms with Crippen molar-refractivity contribution in [3.05, 3.63) is 48.2 Å². The van der Waals surface area contributed by atoms with Gasteiger partial charge in [0.25, 0.3) is 0 Å². The molecule has 0 radical (unpaired) electrons. The number of aliphatic hydroxyl groups excluding tert-OH is 1. The van der Waals surface area contributed by atoms with E-state index in [4.69, 9.17) is 4.52 Å². The first-order chi connectivity index (χ1) is 13.1. The van der Waals surface area contributed by atoms with Crippen molar-refractivity contribution >= 4 is 0 Å². The first kappa shape index (κ1) is 17.8. The topological polar surface area (TPSA) is 88.2 Å². The monoisotopic (exact) mass is 365 g/mol. The second-order valence-electron chi connectivity index (χ2n) is 7.15. The Kier molecular flexibility index (Phi) is 4.96. The molecular formula is C20H23N5O2. The summed E-state index contributed by atoms with van der Waals surface area (Å²) in [5.41, 5.74) is 2.82. The quantitative estimate of drug-likeness (QED) is 0.760. The summed E-state index contributed by atoms with van der Waals surface area (Å²) in [7, 11) is 0. The summed E-state index contributed by atoms with van der Waals surface area (Å²) in [6.45, 7) is 6.24. The Morgan fingerprint density at radius 3 is 2.67 bits per heavy atom. The highest BCUT2D eigenvalue weighted by Gasteiger charge is 2.25. The van der Waals surface area contributed by atoms with Crippen LogP contribution in [0.25, 0.3) is 22.6 Å². The van der Waals surface area contributed by atoms with Crippen LogP contribution in [-0.4, -0.2) is 49.3 Å². The number of rotatable bonds is 4. The van der Waals surface area contributed by atoms with E-state index in [0.29, 0.717) is 18.3 Å². The molecule has 1 saturated heterocycles. The molecule has 0 aliphatic carbocycles. The molecule has 4 rings (SSSR count). The van der Waals surface area contributed by atoms with Crippen LogP contribution in [0.4, 0.5) is 0 Å². The first-order valence-corrected chi connectivity index (χ1v) is 9.22. The maximum absolute atomic E-state index is 9.85. The zero-order chi connectivity index (χ0) is 18.8. The Balaban J connectivity index is 1.45. The molecule has 1 aromatic carbocycles. The van der Waals surface area contributed by atoms with Crippen LogP contribution in [0.1, 0.15) is 25.1 Å². The van der Waals surface area contributed by atoms with Gasteiger partial charge < -0.3 is 9.63 Å². The molecule has 3 heterocycles. The van der Waals surface area contributed by atoms with E-state index in [0.717, 1.165) is 42.2 Å². The number of nitrogens with zero attached hydrogens (tertiary/aromatic N) is 5. The molecule has 1 aliphatic rings. The molecule has 140 valence electrons. The molecule has 0 spiro atoms. The van der Waals surface area contributed by atoms with Crippen LogP contribution in [0.2, 0.25) is 0 Å². The molecular weight excluding hydrogens is 342 g/mol. The summed E-state index contributed by atoms with van der Waals surface area (Å²) in [4.78, 5) is 15.3. The fourth-order valence-electron chi connectivity index (χ4n) is 3.40. The van der Waals surface area contributed by atoms with Crippen LogP contribution in [0.3, 0.4) is 0 Å². The highest BCUT2D eigenvalue weighted by atomic mass is 16.5. The molecule has 2 aromatic heterocycles. The van der Waals surface area contributed by atoms with Gasteiger partial charge in [0, 0.05) is 30.4 Å². The van der Waals surface area contributed by atoms with Gasteiger partial charge in [-0.15, -0.1) is 0 Å². The third-order valence-electron chi connectivity index (χ3n) is 4.99. The van der Waals surface area contributed by atoms with Gasteiger partial charge in [0.05, 0.1) is 18.3 Å². The second-order valence-corrected chi connectivity index (χ2v) is 7.15. The number of aromatic nitrogens is 4. The van der Waals surface area contributed by atoms with Crippen molar-refractivity contribution in [3.8, 4) is 22.6 Å². The lowest BCUT2D eigenvalue weighted by Crippen LogP contribution is -2.41. The lowest BCUT2D eigenvalue weighted by atomic mass is 9.97. The van der Waals surface area contributed by atoms with Crippen molar-refractivity contribution in [1.29, 1.82) is 0 Å². The van der Waals surface area contributed by atoms with Crippen LogP contribution < -0.4 is 0 Å². The van der Waals surface area contributed by atoms with Crippen LogP contribution in [0, 0.1) is 12.8 Å². The van der Waals surface area contributed by atoms with Gasteiger partial charge in [0.2, 0.25) is 11.7 Å². The Bertz CT molecular complexity index is 909. The summed E-state index contributed by atoms with van der Waals surface area (Å²) in [5, 5.41) is 14.0. The molecule has 0 saturated carbocycles. The predicted molar refractivity (Wildman–Crippen MR) is 101 cm³/mol. The van der Waals surface area contributed by atoms with Gasteiger partial charge in [-0.1, -0.05) is 36.3 Å². The molecule has 2 atom stereocenters. The molecule has 0 unspecified atom stereocenters. The molecule has 3 aromatic rings. The number of hydrogen-bond donors (Lipinski definition) is 1. The number of piperidine rings is 1. The fourth-order valence-corrected chi connectivity index (χ4v) is 3.40. The SMILES string of the molecule is Cc1nccc(-c2ccc(-c3noc(CN4CC[C@@H](O)[C@@H](C)C4)n3)cc2)n1. The second kappa shape index (κ2) is 7.54. The first-order valence-electron chi connectivity index (χ1n) is 9.22. The lowest BCUT2D eigenvalue weighted by molar-refractivity contribution is 0.0282. The van der Waals surface area contributed by atoms with E-state index in [1.807, 2.05) is 37.3 Å². The van der Waals surface area contributed by atoms with Crippen LogP contribution in [-0.2, 0) is 6.54 Å². The maximum atomic E-state index is 9.85. The van der Waals surface area contributed by atoms with Gasteiger partial charge in [-0.05, 0) is 25.3 Å². The third kappa shape index (κ3) is 4.04. The smallest absolute Gasteiger partial charge is 0.241 e. The van der Waals surface area contributed by atoms with Gasteiger partial charge in [-0.3, -0.25) is 4.90 Å². The zero-order valence-electron chi connectivity index (χ0n) is 15.5. The number of likely N-dealkylation sites (tertiary alicyclic amines) is 1. The van der Waals surface area contributed by atoms with Gasteiger partial charge in [0.1, 0.15) is 5.82 Å². The molecule has 27 heavy (non-hydrogen) atoms. The van der Waals surface area contributed by atoms with Crippen molar-refractivity contribution in [1.82, 2.24) is 25.0 Å². The van der Waals surface area contributed by atoms with E-state index in [1.165, 1.54) is 0 Å². The minimum Gasteiger partial charge on any atom is -0.393 e. The van der Waals surface area contributed by atoms with Crippen molar-refractivity contribution in [3.63, 3.8) is 0 Å². The number of benzene rings is 1. The normalized spacial score (nSPS) is 20.7. The minimum atomic E-state index is -0.211. The van der Waals surface area contributed by atoms with E-state index in [9.17, 15) is 5.11 Å². The summed E-state index contributed by atoms with van der Waals surface area (Å²) in [6, 6.07) is 9.84. The standard InChI is InChI=1S/C20H23N5O2/c1-13-11-25(10-8-18(13)26)12-19-23-20(24-27-19)16-5-3-15(4-6-16)17-7-9-21-14(2)22-17/h3-7,9,13,18,26H,8,10-12H2,1-2H3/t13-,18+/m0/s1. The van der Waals surface area contributed by atoms with E-state index in [-0.39, 0.29) is 12.0 Å². The number of aliphatic hydroxyl groups is 1. The maximum Gasteiger partial charge on any atom is 0.241 e. The van der Waals surface area contributed by atoms with E-state index >= 15 is 0 Å². The molecule has 0 bridgehead atoms. The van der Waals surface area contributed by atoms with Gasteiger partial charge in [-0.2, -0.15) is 4.98 Å². The highest BCUT2D eigenvalue weighted by Crippen LogP contribution is 2.23. The summed E-state index contributed by atoms with van der Waals surface area (Å²) < 4.78 is 5.43. The van der Waals surface area contributed by atoms with Crippen molar-refractivity contribution in [2.24, 2.45) is 5.92 Å². The van der Waals surface area contributed by atoms with E-state index in [2.05, 4.69) is 31.9 Å². The molecule has 1 fully saturated rings. The summed E-state index contributed by atoms with van der Waals surface area (Å²) >= 11 is 0.